The second-order valence-corrected chi connectivity index (χ2v) is 8.55. The second kappa shape index (κ2) is 8.37. The summed E-state index contributed by atoms with van der Waals surface area (Å²) in [5.41, 5.74) is 5.67. The van der Waals surface area contributed by atoms with Crippen molar-refractivity contribution in [3.8, 4) is 22.5 Å². The monoisotopic (exact) mass is 427 g/mol. The molecule has 2 N–H and O–H groups in total. The van der Waals surface area contributed by atoms with Crippen LogP contribution in [-0.4, -0.2) is 43.1 Å². The fourth-order valence-electron chi connectivity index (χ4n) is 3.47. The van der Waals surface area contributed by atoms with E-state index in [1.165, 1.54) is 6.33 Å². The fourth-order valence-corrected chi connectivity index (χ4v) is 3.47. The molecule has 0 unspecified atom stereocenters. The van der Waals surface area contributed by atoms with Crippen LogP contribution in [0.3, 0.4) is 0 Å². The quantitative estimate of drug-likeness (QED) is 0.465. The number of nitrogens with one attached hydrogen (secondary N) is 2. The first-order valence-electron chi connectivity index (χ1n) is 10.9. The van der Waals surface area contributed by atoms with Gasteiger partial charge in [0.15, 0.2) is 5.65 Å². The molecule has 1 aliphatic carbocycles. The minimum atomic E-state index is -0.0261. The van der Waals surface area contributed by atoms with Gasteiger partial charge in [-0.05, 0) is 37.0 Å². The largest absolute Gasteiger partial charge is 0.382 e. The molecule has 3 heterocycles. The number of carbonyl (C=O) groups excluding carboxylic acids is 1. The van der Waals surface area contributed by atoms with E-state index in [-0.39, 0.29) is 5.91 Å². The van der Waals surface area contributed by atoms with Crippen LogP contribution in [0.4, 0.5) is 5.69 Å². The van der Waals surface area contributed by atoms with Crippen molar-refractivity contribution in [2.75, 3.05) is 11.9 Å². The molecule has 8 nitrogen and oxygen atoms in total. The maximum Gasteiger partial charge on any atom is 0.251 e. The van der Waals surface area contributed by atoms with E-state index in [2.05, 4.69) is 39.4 Å². The highest BCUT2D eigenvalue weighted by atomic mass is 16.1. The summed E-state index contributed by atoms with van der Waals surface area (Å²) < 4.78 is 1.84. The van der Waals surface area contributed by atoms with E-state index in [1.807, 2.05) is 41.0 Å². The van der Waals surface area contributed by atoms with Gasteiger partial charge in [-0.2, -0.15) is 5.10 Å². The first kappa shape index (κ1) is 20.1. The van der Waals surface area contributed by atoms with Gasteiger partial charge in [-0.1, -0.05) is 26.0 Å². The number of benzene rings is 1. The van der Waals surface area contributed by atoms with Gasteiger partial charge < -0.3 is 10.6 Å². The first-order valence-corrected chi connectivity index (χ1v) is 10.9. The summed E-state index contributed by atoms with van der Waals surface area (Å²) in [7, 11) is 0. The van der Waals surface area contributed by atoms with Crippen LogP contribution in [0.25, 0.3) is 28.2 Å². The zero-order valence-electron chi connectivity index (χ0n) is 18.1. The molecular formula is C24H25N7O. The van der Waals surface area contributed by atoms with Gasteiger partial charge in [-0.25, -0.2) is 19.5 Å². The number of imidazole rings is 1. The second-order valence-electron chi connectivity index (χ2n) is 8.55. The van der Waals surface area contributed by atoms with Crippen molar-refractivity contribution in [3.05, 3.63) is 60.8 Å². The van der Waals surface area contributed by atoms with Crippen molar-refractivity contribution in [2.45, 2.75) is 32.7 Å². The predicted molar refractivity (Wildman–Crippen MR) is 123 cm³/mol. The summed E-state index contributed by atoms with van der Waals surface area (Å²) in [6, 6.07) is 9.89. The molecule has 0 atom stereocenters. The lowest BCUT2D eigenvalue weighted by Crippen LogP contribution is -2.25. The molecule has 1 aromatic carbocycles. The van der Waals surface area contributed by atoms with E-state index in [9.17, 15) is 4.79 Å². The average Bonchev–Trinajstić information content (AvgIpc) is 3.53. The molecule has 0 bridgehead atoms. The van der Waals surface area contributed by atoms with Gasteiger partial charge in [0.05, 0.1) is 23.3 Å². The molecule has 0 radical (unpaired) electrons. The Bertz CT molecular complexity index is 1240. The van der Waals surface area contributed by atoms with Gasteiger partial charge in [-0.15, -0.1) is 0 Å². The number of anilines is 1. The molecule has 3 aromatic heterocycles. The van der Waals surface area contributed by atoms with Crippen LogP contribution >= 0.6 is 0 Å². The Kier molecular flexibility index (Phi) is 5.26. The molecule has 1 amide bonds. The predicted octanol–water partition coefficient (Wildman–Crippen LogP) is 3.81. The van der Waals surface area contributed by atoms with Crippen LogP contribution in [0.1, 0.15) is 37.0 Å². The Morgan fingerprint density at radius 2 is 1.84 bits per heavy atom. The highest BCUT2D eigenvalue weighted by Crippen LogP contribution is 2.28. The maximum atomic E-state index is 12.3. The van der Waals surface area contributed by atoms with E-state index in [4.69, 9.17) is 5.10 Å². The molecule has 0 aliphatic heterocycles. The molecule has 162 valence electrons. The minimum Gasteiger partial charge on any atom is -0.382 e. The zero-order valence-corrected chi connectivity index (χ0v) is 18.1. The fraction of sp³-hybridized carbons (Fsp3) is 0.292. The molecule has 4 aromatic rings. The number of carbonyl (C=O) groups is 1. The van der Waals surface area contributed by atoms with E-state index in [1.54, 1.807) is 12.4 Å². The minimum absolute atomic E-state index is 0.0261. The number of nitrogens with zero attached hydrogens (tertiary/aromatic N) is 5. The Balaban J connectivity index is 1.54. The van der Waals surface area contributed by atoms with E-state index < -0.39 is 0 Å². The van der Waals surface area contributed by atoms with Crippen LogP contribution in [-0.2, 0) is 0 Å². The lowest BCUT2D eigenvalue weighted by atomic mass is 10.1. The van der Waals surface area contributed by atoms with E-state index in [0.717, 1.165) is 53.2 Å². The lowest BCUT2D eigenvalue weighted by molar-refractivity contribution is 0.0951. The number of rotatable bonds is 7. The molecule has 5 rings (SSSR count). The summed E-state index contributed by atoms with van der Waals surface area (Å²) in [5, 5.41) is 11.3. The van der Waals surface area contributed by atoms with Gasteiger partial charge in [-0.3, -0.25) is 4.79 Å². The van der Waals surface area contributed by atoms with Crippen LogP contribution in [0.5, 0.6) is 0 Å². The maximum absolute atomic E-state index is 12.3. The third kappa shape index (κ3) is 4.16. The SMILES string of the molecule is CC(C)CNc1cc(-c2cncnc2)nn2c(-c3ccc(C(=O)NC4CC4)cc3)cnc12. The van der Waals surface area contributed by atoms with Crippen LogP contribution in [0.15, 0.2) is 55.2 Å². The zero-order chi connectivity index (χ0) is 22.1. The standard InChI is InChI=1S/C24H25N7O/c1-15(2)10-27-21-9-20(18-11-25-14-26-12-18)30-31-22(13-28-23(21)31)16-3-5-17(6-4-16)24(32)29-19-7-8-19/h3-6,9,11-15,19,27H,7-8,10H2,1-2H3,(H,29,32). The number of amides is 1. The van der Waals surface area contributed by atoms with Gasteiger partial charge in [0.25, 0.3) is 5.91 Å². The van der Waals surface area contributed by atoms with Crippen molar-refractivity contribution >= 4 is 17.2 Å². The molecule has 32 heavy (non-hydrogen) atoms. The number of hydrogen-bond acceptors (Lipinski definition) is 6. The highest BCUT2D eigenvalue weighted by Gasteiger charge is 2.23. The Morgan fingerprint density at radius 1 is 1.09 bits per heavy atom. The number of hydrogen-bond donors (Lipinski definition) is 2. The third-order valence-corrected chi connectivity index (χ3v) is 5.38. The molecule has 1 aliphatic rings. The van der Waals surface area contributed by atoms with E-state index >= 15 is 0 Å². The lowest BCUT2D eigenvalue weighted by Gasteiger charge is -2.12. The third-order valence-electron chi connectivity index (χ3n) is 5.38. The van der Waals surface area contributed by atoms with E-state index in [0.29, 0.717) is 17.5 Å². The molecule has 8 heteroatoms. The Morgan fingerprint density at radius 3 is 2.53 bits per heavy atom. The van der Waals surface area contributed by atoms with Gasteiger partial charge in [0.1, 0.15) is 6.33 Å². The summed E-state index contributed by atoms with van der Waals surface area (Å²) in [4.78, 5) is 25.2. The number of aromatic nitrogens is 5. The van der Waals surface area contributed by atoms with Gasteiger partial charge in [0.2, 0.25) is 0 Å². The van der Waals surface area contributed by atoms with Crippen molar-refractivity contribution in [1.29, 1.82) is 0 Å². The van der Waals surface area contributed by atoms with Gasteiger partial charge >= 0.3 is 0 Å². The average molecular weight is 428 g/mol. The van der Waals surface area contributed by atoms with Crippen molar-refractivity contribution < 1.29 is 4.79 Å². The van der Waals surface area contributed by atoms with Crippen molar-refractivity contribution in [2.24, 2.45) is 5.92 Å². The van der Waals surface area contributed by atoms with Crippen LogP contribution in [0.2, 0.25) is 0 Å². The smallest absolute Gasteiger partial charge is 0.251 e. The summed E-state index contributed by atoms with van der Waals surface area (Å²) in [6.45, 7) is 5.14. The first-order chi connectivity index (χ1) is 15.6. The Labute approximate surface area is 186 Å². The summed E-state index contributed by atoms with van der Waals surface area (Å²) in [6.07, 6.45) is 8.95. The molecular weight excluding hydrogens is 402 g/mol. The molecule has 1 fully saturated rings. The summed E-state index contributed by atoms with van der Waals surface area (Å²) in [5.74, 6) is 0.456. The van der Waals surface area contributed by atoms with Crippen molar-refractivity contribution in [1.82, 2.24) is 29.9 Å². The molecule has 0 saturated heterocycles. The molecule has 1 saturated carbocycles. The number of fused-ring (bicyclic) bond motifs is 1. The molecule has 0 spiro atoms. The highest BCUT2D eigenvalue weighted by molar-refractivity contribution is 5.95. The normalized spacial score (nSPS) is 13.5. The summed E-state index contributed by atoms with van der Waals surface area (Å²) >= 11 is 0. The Hall–Kier alpha value is -3.81. The van der Waals surface area contributed by atoms with Crippen LogP contribution < -0.4 is 10.6 Å². The van der Waals surface area contributed by atoms with Gasteiger partial charge in [0, 0.05) is 41.7 Å². The van der Waals surface area contributed by atoms with Crippen LogP contribution in [0, 0.1) is 5.92 Å². The van der Waals surface area contributed by atoms with Crippen molar-refractivity contribution in [3.63, 3.8) is 0 Å². The topological polar surface area (TPSA) is 97.1 Å².